The number of halogens is 8. The Morgan fingerprint density at radius 1 is 0.968 bits per heavy atom. The predicted molar refractivity (Wildman–Crippen MR) is 100 cm³/mol. The third-order valence-corrected chi connectivity index (χ3v) is 3.96. The van der Waals surface area contributed by atoms with Crippen LogP contribution < -0.4 is 14.9 Å². The molecule has 0 aromatic heterocycles. The molecule has 0 unspecified atom stereocenters. The first-order valence-corrected chi connectivity index (χ1v) is 9.02. The fourth-order valence-corrected chi connectivity index (χ4v) is 2.43. The summed E-state index contributed by atoms with van der Waals surface area (Å²) < 4.78 is 99.5. The van der Waals surface area contributed by atoms with Gasteiger partial charge in [-0.05, 0) is 48.4 Å². The first kappa shape index (κ1) is 24.6. The minimum absolute atomic E-state index is 0.0807. The van der Waals surface area contributed by atoms with Crippen LogP contribution in [-0.4, -0.2) is 31.0 Å². The molecule has 31 heavy (non-hydrogen) atoms. The van der Waals surface area contributed by atoms with E-state index in [4.69, 9.17) is 21.1 Å². The molecular weight excluding hydrogens is 457 g/mol. The highest BCUT2D eigenvalue weighted by molar-refractivity contribution is 6.30. The Morgan fingerprint density at radius 2 is 1.68 bits per heavy atom. The molecule has 2 rings (SSSR count). The van der Waals surface area contributed by atoms with Crippen LogP contribution in [0, 0.1) is 0 Å². The van der Waals surface area contributed by atoms with Gasteiger partial charge in [0.05, 0.1) is 12.8 Å². The average Bonchev–Trinajstić information content (AvgIpc) is 2.66. The molecule has 0 aliphatic heterocycles. The van der Waals surface area contributed by atoms with Crippen molar-refractivity contribution in [2.75, 3.05) is 6.61 Å². The van der Waals surface area contributed by atoms with E-state index in [1.807, 2.05) is 0 Å². The molecule has 0 atom stereocenters. The number of nitrogens with one attached hydrogen (secondary N) is 1. The molecular formula is C19H16ClF7N2O2. The molecule has 0 aliphatic carbocycles. The Hall–Kier alpha value is -2.69. The lowest BCUT2D eigenvalue weighted by Crippen LogP contribution is -2.58. The van der Waals surface area contributed by atoms with Gasteiger partial charge in [-0.15, -0.1) is 0 Å². The van der Waals surface area contributed by atoms with Gasteiger partial charge in [0.1, 0.15) is 6.61 Å². The van der Waals surface area contributed by atoms with E-state index >= 15 is 0 Å². The summed E-state index contributed by atoms with van der Waals surface area (Å²) in [5.41, 5.74) is 1.40. The highest BCUT2D eigenvalue weighted by Gasteiger charge is 2.73. The van der Waals surface area contributed by atoms with Gasteiger partial charge in [-0.2, -0.15) is 35.8 Å². The first-order chi connectivity index (χ1) is 14.4. The van der Waals surface area contributed by atoms with Gasteiger partial charge in [-0.1, -0.05) is 23.7 Å². The molecule has 0 bridgehead atoms. The monoisotopic (exact) mass is 472 g/mol. The summed E-state index contributed by atoms with van der Waals surface area (Å²) in [7, 11) is 0. The fourth-order valence-electron chi connectivity index (χ4n) is 2.22. The standard InChI is InChI=1S/C19H16ClF7N2O2/c1-2-30-16-9-12(10-28-29-19(26,27)17(21,22)18(23,24)25)6-7-15(16)31-11-13-4-3-5-14(20)8-13/h3-10,29H,2,11H2,1H3/b28-10-. The molecule has 170 valence electrons. The van der Waals surface area contributed by atoms with Crippen molar-refractivity contribution >= 4 is 17.8 Å². The molecule has 0 aliphatic rings. The van der Waals surface area contributed by atoms with E-state index in [9.17, 15) is 30.7 Å². The zero-order valence-corrected chi connectivity index (χ0v) is 16.6. The quantitative estimate of drug-likeness (QED) is 0.210. The molecule has 0 saturated heterocycles. The van der Waals surface area contributed by atoms with Crippen molar-refractivity contribution in [2.24, 2.45) is 5.10 Å². The Balaban J connectivity index is 2.13. The average molecular weight is 473 g/mol. The summed E-state index contributed by atoms with van der Waals surface area (Å²) in [5.74, 6) is -5.85. The van der Waals surface area contributed by atoms with E-state index in [0.717, 1.165) is 5.56 Å². The van der Waals surface area contributed by atoms with E-state index < -0.39 is 18.1 Å². The molecule has 0 heterocycles. The van der Waals surface area contributed by atoms with Gasteiger partial charge in [0.25, 0.3) is 0 Å². The van der Waals surface area contributed by atoms with E-state index in [2.05, 4.69) is 5.10 Å². The molecule has 2 aromatic rings. The largest absolute Gasteiger partial charge is 0.490 e. The molecule has 0 radical (unpaired) electrons. The van der Waals surface area contributed by atoms with Crippen LogP contribution in [0.2, 0.25) is 5.02 Å². The maximum absolute atomic E-state index is 13.2. The van der Waals surface area contributed by atoms with Crippen LogP contribution in [0.3, 0.4) is 0 Å². The Bertz CT molecular complexity index is 920. The van der Waals surface area contributed by atoms with Crippen molar-refractivity contribution in [3.05, 3.63) is 58.6 Å². The second-order valence-corrected chi connectivity index (χ2v) is 6.51. The zero-order valence-electron chi connectivity index (χ0n) is 15.8. The van der Waals surface area contributed by atoms with Crippen LogP contribution in [-0.2, 0) is 6.61 Å². The third-order valence-electron chi connectivity index (χ3n) is 3.72. The number of alkyl halides is 7. The van der Waals surface area contributed by atoms with Gasteiger partial charge >= 0.3 is 18.1 Å². The summed E-state index contributed by atoms with van der Waals surface area (Å²) in [6, 6.07) is 5.25. The maximum atomic E-state index is 13.2. The summed E-state index contributed by atoms with van der Waals surface area (Å²) >= 11 is 5.90. The first-order valence-electron chi connectivity index (χ1n) is 8.64. The lowest BCUT2D eigenvalue weighted by molar-refractivity contribution is -0.361. The van der Waals surface area contributed by atoms with E-state index in [1.54, 1.807) is 31.2 Å². The lowest BCUT2D eigenvalue weighted by atomic mass is 10.2. The highest BCUT2D eigenvalue weighted by atomic mass is 35.5. The molecule has 0 fully saturated rings. The molecule has 12 heteroatoms. The SMILES string of the molecule is CCOc1cc(/C=N\NC(F)(F)C(F)(F)C(F)(F)F)ccc1OCc1cccc(Cl)c1. The smallest absolute Gasteiger partial charge is 0.462 e. The zero-order chi connectivity index (χ0) is 23.3. The number of benzene rings is 2. The molecule has 0 saturated carbocycles. The van der Waals surface area contributed by atoms with E-state index in [-0.39, 0.29) is 30.3 Å². The second-order valence-electron chi connectivity index (χ2n) is 6.07. The maximum Gasteiger partial charge on any atom is 0.462 e. The number of nitrogens with zero attached hydrogens (tertiary/aromatic N) is 1. The summed E-state index contributed by atoms with van der Waals surface area (Å²) in [6.07, 6.45) is -5.81. The van der Waals surface area contributed by atoms with Crippen molar-refractivity contribution in [2.45, 2.75) is 31.7 Å². The van der Waals surface area contributed by atoms with Crippen LogP contribution in [0.5, 0.6) is 11.5 Å². The highest BCUT2D eigenvalue weighted by Crippen LogP contribution is 2.45. The van der Waals surface area contributed by atoms with Gasteiger partial charge < -0.3 is 9.47 Å². The van der Waals surface area contributed by atoms with Crippen molar-refractivity contribution in [3.8, 4) is 11.5 Å². The summed E-state index contributed by atoms with van der Waals surface area (Å²) in [6.45, 7) is 2.01. The minimum atomic E-state index is -6.46. The number of hydrogen-bond acceptors (Lipinski definition) is 4. The van der Waals surface area contributed by atoms with Crippen molar-refractivity contribution < 1.29 is 40.2 Å². The third kappa shape index (κ3) is 6.16. The normalized spacial score (nSPS) is 12.8. The number of ether oxygens (including phenoxy) is 2. The lowest BCUT2D eigenvalue weighted by Gasteiger charge is -2.27. The van der Waals surface area contributed by atoms with Gasteiger partial charge in [0.2, 0.25) is 0 Å². The van der Waals surface area contributed by atoms with Gasteiger partial charge in [0, 0.05) is 5.02 Å². The van der Waals surface area contributed by atoms with Crippen molar-refractivity contribution in [1.82, 2.24) is 5.43 Å². The van der Waals surface area contributed by atoms with Crippen LogP contribution in [0.4, 0.5) is 30.7 Å². The Kier molecular flexibility index (Phi) is 7.63. The number of hydrazone groups is 1. The van der Waals surface area contributed by atoms with Crippen molar-refractivity contribution in [1.29, 1.82) is 0 Å². The van der Waals surface area contributed by atoms with Crippen molar-refractivity contribution in [3.63, 3.8) is 0 Å². The van der Waals surface area contributed by atoms with Gasteiger partial charge in [0.15, 0.2) is 11.5 Å². The Labute approximate surface area is 177 Å². The minimum Gasteiger partial charge on any atom is -0.490 e. The summed E-state index contributed by atoms with van der Waals surface area (Å²) in [4.78, 5) is 0. The van der Waals surface area contributed by atoms with Crippen LogP contribution in [0.1, 0.15) is 18.1 Å². The topological polar surface area (TPSA) is 42.8 Å². The van der Waals surface area contributed by atoms with Gasteiger partial charge in [-0.25, -0.2) is 5.43 Å². The van der Waals surface area contributed by atoms with Gasteiger partial charge in [-0.3, -0.25) is 0 Å². The van der Waals surface area contributed by atoms with E-state index in [0.29, 0.717) is 16.7 Å². The second kappa shape index (κ2) is 9.63. The van der Waals surface area contributed by atoms with Crippen LogP contribution in [0.15, 0.2) is 47.6 Å². The van der Waals surface area contributed by atoms with Crippen LogP contribution in [0.25, 0.3) is 0 Å². The molecule has 0 amide bonds. The van der Waals surface area contributed by atoms with Crippen LogP contribution >= 0.6 is 11.6 Å². The Morgan fingerprint density at radius 3 is 2.29 bits per heavy atom. The molecule has 1 N–H and O–H groups in total. The number of rotatable bonds is 9. The molecule has 4 nitrogen and oxygen atoms in total. The molecule has 2 aromatic carbocycles. The summed E-state index contributed by atoms with van der Waals surface area (Å²) in [5, 5.41) is 3.32. The van der Waals surface area contributed by atoms with E-state index in [1.165, 1.54) is 18.2 Å². The molecule has 0 spiro atoms. The number of hydrogen-bond donors (Lipinski definition) is 1. The fraction of sp³-hybridized carbons (Fsp3) is 0.316. The predicted octanol–water partition coefficient (Wildman–Crippen LogP) is 6.03.